The van der Waals surface area contributed by atoms with Crippen molar-refractivity contribution in [3.63, 3.8) is 0 Å². The number of hydrogen-bond acceptors (Lipinski definition) is 2. The first kappa shape index (κ1) is 16.6. The normalized spacial score (nSPS) is 12.6. The number of aryl methyl sites for hydroxylation is 1. The van der Waals surface area contributed by atoms with Gasteiger partial charge < -0.3 is 4.40 Å². The maximum atomic E-state index is 13.7. The predicted molar refractivity (Wildman–Crippen MR) is 94.1 cm³/mol. The number of hydrogen-bond donors (Lipinski definition) is 1. The molecule has 0 aliphatic carbocycles. The van der Waals surface area contributed by atoms with Crippen LogP contribution in [0.25, 0.3) is 27.7 Å². The first-order chi connectivity index (χ1) is 12.3. The maximum Gasteiger partial charge on any atom is 0.417 e. The number of fused-ring (bicyclic) bond motifs is 2. The van der Waals surface area contributed by atoms with Crippen LogP contribution in [0.2, 0.25) is 0 Å². The molecular formula is C19H17F3N4. The highest BCUT2D eigenvalue weighted by molar-refractivity contribution is 5.91. The number of benzene rings is 1. The minimum absolute atomic E-state index is 0.0955. The molecule has 7 heteroatoms. The summed E-state index contributed by atoms with van der Waals surface area (Å²) in [6, 6.07) is 4.58. The third-order valence-electron chi connectivity index (χ3n) is 4.58. The van der Waals surface area contributed by atoms with Crippen LogP contribution in [0, 0.1) is 6.92 Å². The number of imidazole rings is 1. The van der Waals surface area contributed by atoms with Crippen molar-refractivity contribution in [2.45, 2.75) is 32.9 Å². The number of nitrogens with zero attached hydrogens (tertiary/aromatic N) is 3. The van der Waals surface area contributed by atoms with E-state index in [4.69, 9.17) is 0 Å². The van der Waals surface area contributed by atoms with Crippen LogP contribution in [-0.2, 0) is 6.18 Å². The molecule has 26 heavy (non-hydrogen) atoms. The molecule has 0 saturated heterocycles. The van der Waals surface area contributed by atoms with Gasteiger partial charge in [-0.15, -0.1) is 0 Å². The third kappa shape index (κ3) is 2.55. The molecule has 0 atom stereocenters. The van der Waals surface area contributed by atoms with E-state index in [1.807, 2.05) is 20.8 Å². The number of nitrogens with one attached hydrogen (secondary N) is 1. The van der Waals surface area contributed by atoms with E-state index >= 15 is 0 Å². The lowest BCUT2D eigenvalue weighted by Crippen LogP contribution is -2.09. The van der Waals surface area contributed by atoms with Crippen molar-refractivity contribution in [2.24, 2.45) is 0 Å². The van der Waals surface area contributed by atoms with Crippen molar-refractivity contribution in [1.82, 2.24) is 19.6 Å². The molecule has 0 aliphatic rings. The molecule has 0 radical (unpaired) electrons. The number of aromatic amines is 1. The molecular weight excluding hydrogens is 341 g/mol. The highest BCUT2D eigenvalue weighted by atomic mass is 19.4. The van der Waals surface area contributed by atoms with Crippen molar-refractivity contribution in [3.05, 3.63) is 53.6 Å². The van der Waals surface area contributed by atoms with Gasteiger partial charge in [0.2, 0.25) is 0 Å². The van der Waals surface area contributed by atoms with E-state index in [1.165, 1.54) is 6.20 Å². The van der Waals surface area contributed by atoms with Gasteiger partial charge in [-0.3, -0.25) is 5.10 Å². The Labute approximate surface area is 147 Å². The van der Waals surface area contributed by atoms with Crippen LogP contribution >= 0.6 is 0 Å². The third-order valence-corrected chi connectivity index (χ3v) is 4.58. The topological polar surface area (TPSA) is 46.0 Å². The van der Waals surface area contributed by atoms with Crippen LogP contribution in [0.1, 0.15) is 36.6 Å². The van der Waals surface area contributed by atoms with E-state index < -0.39 is 11.7 Å². The molecule has 0 aliphatic heterocycles. The molecule has 0 spiro atoms. The zero-order valence-corrected chi connectivity index (χ0v) is 14.5. The summed E-state index contributed by atoms with van der Waals surface area (Å²) in [4.78, 5) is 4.50. The number of halogens is 3. The smallest absolute Gasteiger partial charge is 0.306 e. The summed E-state index contributed by atoms with van der Waals surface area (Å²) in [5.74, 6) is 0.121. The molecule has 4 nitrogen and oxygen atoms in total. The van der Waals surface area contributed by atoms with E-state index in [0.29, 0.717) is 11.2 Å². The fourth-order valence-corrected chi connectivity index (χ4v) is 3.25. The zero-order valence-electron chi connectivity index (χ0n) is 14.5. The number of H-pyrrole nitrogens is 1. The number of pyridine rings is 1. The summed E-state index contributed by atoms with van der Waals surface area (Å²) in [7, 11) is 0. The van der Waals surface area contributed by atoms with Crippen molar-refractivity contribution in [2.75, 3.05) is 0 Å². The Morgan fingerprint density at radius 2 is 1.96 bits per heavy atom. The summed E-state index contributed by atoms with van der Waals surface area (Å²) in [5.41, 5.74) is 2.61. The molecule has 134 valence electrons. The van der Waals surface area contributed by atoms with Gasteiger partial charge in [0, 0.05) is 23.3 Å². The second kappa shape index (κ2) is 5.59. The Hall–Kier alpha value is -2.83. The average Bonchev–Trinajstić information content (AvgIpc) is 3.19. The largest absolute Gasteiger partial charge is 0.417 e. The van der Waals surface area contributed by atoms with Gasteiger partial charge in [-0.05, 0) is 42.2 Å². The molecule has 1 aromatic carbocycles. The first-order valence-electron chi connectivity index (χ1n) is 8.28. The summed E-state index contributed by atoms with van der Waals surface area (Å²) in [6.07, 6.45) is 0.349. The van der Waals surface area contributed by atoms with Crippen LogP contribution < -0.4 is 0 Å². The van der Waals surface area contributed by atoms with Gasteiger partial charge in [-0.2, -0.15) is 18.3 Å². The second-order valence-electron chi connectivity index (χ2n) is 6.78. The lowest BCUT2D eigenvalue weighted by molar-refractivity contribution is -0.137. The van der Waals surface area contributed by atoms with Crippen molar-refractivity contribution in [1.29, 1.82) is 0 Å². The summed E-state index contributed by atoms with van der Waals surface area (Å²) in [5, 5.41) is 7.63. The Balaban J connectivity index is 2.09. The highest BCUT2D eigenvalue weighted by Gasteiger charge is 2.35. The standard InChI is InChI=1S/C19H17F3N4/c1-10(2)15-9-26-5-4-14(19(20,21)22)16(18(26)24-15)12-6-11(3)17-13(7-12)8-23-25-17/h4-10H,1-3H3,(H,23,25). The summed E-state index contributed by atoms with van der Waals surface area (Å²) in [6.45, 7) is 5.78. The Bertz CT molecular complexity index is 1120. The molecule has 4 aromatic rings. The first-order valence-corrected chi connectivity index (χ1v) is 8.28. The Morgan fingerprint density at radius 1 is 1.19 bits per heavy atom. The fourth-order valence-electron chi connectivity index (χ4n) is 3.25. The fraction of sp³-hybridized carbons (Fsp3) is 0.263. The van der Waals surface area contributed by atoms with Gasteiger partial charge >= 0.3 is 6.18 Å². The van der Waals surface area contributed by atoms with E-state index in [2.05, 4.69) is 15.2 Å². The second-order valence-corrected chi connectivity index (χ2v) is 6.78. The molecule has 0 amide bonds. The van der Waals surface area contributed by atoms with E-state index in [-0.39, 0.29) is 11.5 Å². The zero-order chi connectivity index (χ0) is 18.6. The van der Waals surface area contributed by atoms with E-state index in [1.54, 1.807) is 28.9 Å². The van der Waals surface area contributed by atoms with Crippen molar-refractivity contribution < 1.29 is 13.2 Å². The monoisotopic (exact) mass is 358 g/mol. The quantitative estimate of drug-likeness (QED) is 0.526. The molecule has 3 heterocycles. The molecule has 0 fully saturated rings. The van der Waals surface area contributed by atoms with Gasteiger partial charge in [0.1, 0.15) is 5.65 Å². The number of rotatable bonds is 2. The van der Waals surface area contributed by atoms with Crippen LogP contribution in [0.15, 0.2) is 36.8 Å². The Kier molecular flexibility index (Phi) is 3.57. The van der Waals surface area contributed by atoms with Gasteiger partial charge in [0.25, 0.3) is 0 Å². The molecule has 1 N–H and O–H groups in total. The Morgan fingerprint density at radius 3 is 2.65 bits per heavy atom. The van der Waals surface area contributed by atoms with E-state index in [0.717, 1.165) is 28.2 Å². The SMILES string of the molecule is Cc1cc(-c2c(C(F)(F)F)ccn3cc(C(C)C)nc23)cc2cn[nH]c12. The van der Waals surface area contributed by atoms with Gasteiger partial charge in [0.05, 0.1) is 23.0 Å². The highest BCUT2D eigenvalue weighted by Crippen LogP contribution is 2.40. The van der Waals surface area contributed by atoms with Crippen molar-refractivity contribution >= 4 is 16.6 Å². The van der Waals surface area contributed by atoms with E-state index in [9.17, 15) is 13.2 Å². The lowest BCUT2D eigenvalue weighted by atomic mass is 9.97. The van der Waals surface area contributed by atoms with Crippen LogP contribution in [0.5, 0.6) is 0 Å². The van der Waals surface area contributed by atoms with Crippen LogP contribution in [-0.4, -0.2) is 19.6 Å². The summed E-state index contributed by atoms with van der Waals surface area (Å²) >= 11 is 0. The molecule has 0 saturated carbocycles. The van der Waals surface area contributed by atoms with Gasteiger partial charge in [-0.25, -0.2) is 4.98 Å². The molecule has 0 bridgehead atoms. The van der Waals surface area contributed by atoms with Crippen LogP contribution in [0.4, 0.5) is 13.2 Å². The predicted octanol–water partition coefficient (Wildman–Crippen LogP) is 5.33. The minimum atomic E-state index is -4.47. The van der Waals surface area contributed by atoms with Gasteiger partial charge in [-0.1, -0.05) is 13.8 Å². The molecule has 3 aromatic heterocycles. The minimum Gasteiger partial charge on any atom is -0.306 e. The number of aromatic nitrogens is 4. The van der Waals surface area contributed by atoms with Crippen molar-refractivity contribution in [3.8, 4) is 11.1 Å². The lowest BCUT2D eigenvalue weighted by Gasteiger charge is -2.15. The average molecular weight is 358 g/mol. The number of alkyl halides is 3. The molecule has 4 rings (SSSR count). The van der Waals surface area contributed by atoms with Gasteiger partial charge in [0.15, 0.2) is 0 Å². The summed E-state index contributed by atoms with van der Waals surface area (Å²) < 4.78 is 42.8. The van der Waals surface area contributed by atoms with Crippen LogP contribution in [0.3, 0.4) is 0 Å². The maximum absolute atomic E-state index is 13.7. The molecule has 0 unspecified atom stereocenters.